The molecule has 1 heterocycles. The Labute approximate surface area is 281 Å². The van der Waals surface area contributed by atoms with Gasteiger partial charge in [0.05, 0.1) is 5.54 Å². The van der Waals surface area contributed by atoms with Crippen LogP contribution in [-0.2, 0) is 0 Å². The first-order valence-corrected chi connectivity index (χ1v) is 20.3. The lowest BCUT2D eigenvalue weighted by Crippen LogP contribution is -2.41. The van der Waals surface area contributed by atoms with Crippen LogP contribution in [0.25, 0.3) is 0 Å². The second kappa shape index (κ2) is 18.9. The van der Waals surface area contributed by atoms with E-state index in [0.717, 1.165) is 23.7 Å². The molecule has 3 fully saturated rings. The zero-order valence-corrected chi connectivity index (χ0v) is 30.5. The molecule has 0 aromatic rings. The van der Waals surface area contributed by atoms with Crippen LogP contribution in [0.5, 0.6) is 0 Å². The monoisotopic (exact) mass is 616 g/mol. The number of hydrogen-bond acceptors (Lipinski definition) is 1. The lowest BCUT2D eigenvalue weighted by atomic mass is 9.65. The van der Waals surface area contributed by atoms with Crippen LogP contribution in [0, 0.1) is 29.6 Å². The van der Waals surface area contributed by atoms with Crippen LogP contribution in [0.4, 0.5) is 0 Å². The van der Waals surface area contributed by atoms with Crippen molar-refractivity contribution in [2.45, 2.75) is 193 Å². The second-order valence-corrected chi connectivity index (χ2v) is 15.7. The fraction of sp³-hybridized carbons (Fsp3) is 0.795. The van der Waals surface area contributed by atoms with Gasteiger partial charge in [-0.1, -0.05) is 103 Å². The first-order chi connectivity index (χ1) is 22.1. The van der Waals surface area contributed by atoms with Gasteiger partial charge in [-0.2, -0.15) is 0 Å². The van der Waals surface area contributed by atoms with Crippen LogP contribution in [0.3, 0.4) is 0 Å². The smallest absolute Gasteiger partial charge is 0.0623 e. The molecule has 1 nitrogen and oxygen atoms in total. The van der Waals surface area contributed by atoms with Gasteiger partial charge in [-0.25, -0.2) is 0 Å². The summed E-state index contributed by atoms with van der Waals surface area (Å²) in [5, 5.41) is 4.46. The molecule has 2 saturated carbocycles. The molecule has 0 spiro atoms. The molecule has 0 aromatic carbocycles. The second-order valence-electron chi connectivity index (χ2n) is 15.7. The minimum absolute atomic E-state index is 0.285. The van der Waals surface area contributed by atoms with Crippen molar-refractivity contribution >= 4 is 0 Å². The van der Waals surface area contributed by atoms with Crippen LogP contribution >= 0.6 is 0 Å². The van der Waals surface area contributed by atoms with Gasteiger partial charge in [0.1, 0.15) is 0 Å². The molecule has 1 N–H and O–H groups in total. The maximum Gasteiger partial charge on any atom is 0.0623 e. The standard InChI is InChI=1S/C44H73N/c1-6-35-43(40-30-21-22-31-40)44(45-43,41-32-23-24-33-41)42(39-28-19-20-29-39)34-18-14-15-25-36(5)38(9-4)27-17-13-11-10-12-16-26-37(7-2)8-3/h12,23-24,26,34,37-41,45H,5-11,13-15,17-22,25,27-33,35H2,1-4H3/b42-34-. The van der Waals surface area contributed by atoms with Crippen molar-refractivity contribution in [2.24, 2.45) is 29.6 Å². The molecule has 3 aliphatic carbocycles. The van der Waals surface area contributed by atoms with E-state index in [1.807, 2.05) is 5.57 Å². The number of hydrogen-bond donors (Lipinski definition) is 1. The van der Waals surface area contributed by atoms with Crippen LogP contribution in [0.2, 0.25) is 0 Å². The number of unbranched alkanes of at least 4 members (excludes halogenated alkanes) is 5. The van der Waals surface area contributed by atoms with Gasteiger partial charge in [0.2, 0.25) is 0 Å². The molecule has 1 heteroatoms. The van der Waals surface area contributed by atoms with Crippen LogP contribution < -0.4 is 5.32 Å². The molecule has 4 aliphatic rings. The fourth-order valence-corrected chi connectivity index (χ4v) is 10.2. The van der Waals surface area contributed by atoms with Gasteiger partial charge in [0.25, 0.3) is 0 Å². The molecule has 3 atom stereocenters. The van der Waals surface area contributed by atoms with Crippen molar-refractivity contribution in [3.8, 4) is 0 Å². The van der Waals surface area contributed by atoms with E-state index in [2.05, 4.69) is 75.7 Å². The zero-order chi connectivity index (χ0) is 32.0. The van der Waals surface area contributed by atoms with E-state index >= 15 is 0 Å². The van der Waals surface area contributed by atoms with Gasteiger partial charge in [0, 0.05) is 5.54 Å². The van der Waals surface area contributed by atoms with Crippen LogP contribution in [-0.4, -0.2) is 11.1 Å². The molecular weight excluding hydrogens is 542 g/mol. The third-order valence-electron chi connectivity index (χ3n) is 12.9. The maximum atomic E-state index is 4.63. The Bertz CT molecular complexity index is 984. The van der Waals surface area contributed by atoms with Gasteiger partial charge in [-0.15, -0.1) is 5.73 Å². The molecule has 0 amide bonds. The summed E-state index contributed by atoms with van der Waals surface area (Å²) in [5.74, 6) is 3.92. The van der Waals surface area contributed by atoms with E-state index in [0.29, 0.717) is 11.5 Å². The van der Waals surface area contributed by atoms with Crippen molar-refractivity contribution in [1.29, 1.82) is 0 Å². The lowest BCUT2D eigenvalue weighted by molar-refractivity contribution is 0.288. The normalized spacial score (nSPS) is 26.6. The largest absolute Gasteiger partial charge is 0.298 e. The Balaban J connectivity index is 1.28. The Morgan fingerprint density at radius 1 is 0.844 bits per heavy atom. The highest BCUT2D eigenvalue weighted by Crippen LogP contribution is 2.64. The van der Waals surface area contributed by atoms with Gasteiger partial charge < -0.3 is 0 Å². The van der Waals surface area contributed by atoms with E-state index in [4.69, 9.17) is 0 Å². The van der Waals surface area contributed by atoms with Crippen molar-refractivity contribution in [3.63, 3.8) is 0 Å². The van der Waals surface area contributed by atoms with Gasteiger partial charge in [0.15, 0.2) is 0 Å². The summed E-state index contributed by atoms with van der Waals surface area (Å²) in [6, 6.07) is 0. The average molecular weight is 616 g/mol. The van der Waals surface area contributed by atoms with Crippen molar-refractivity contribution < 1.29 is 0 Å². The first-order valence-electron chi connectivity index (χ1n) is 20.3. The zero-order valence-electron chi connectivity index (χ0n) is 30.5. The van der Waals surface area contributed by atoms with E-state index < -0.39 is 0 Å². The molecule has 1 aliphatic heterocycles. The van der Waals surface area contributed by atoms with E-state index in [9.17, 15) is 0 Å². The van der Waals surface area contributed by atoms with Gasteiger partial charge >= 0.3 is 0 Å². The predicted molar refractivity (Wildman–Crippen MR) is 199 cm³/mol. The summed E-state index contributed by atoms with van der Waals surface area (Å²) >= 11 is 0. The Morgan fingerprint density at radius 3 is 2.20 bits per heavy atom. The summed E-state index contributed by atoms with van der Waals surface area (Å²) in [7, 11) is 0. The van der Waals surface area contributed by atoms with E-state index in [1.165, 1.54) is 160 Å². The Morgan fingerprint density at radius 2 is 1.53 bits per heavy atom. The number of rotatable bonds is 22. The molecule has 0 aromatic heterocycles. The van der Waals surface area contributed by atoms with Crippen molar-refractivity contribution in [1.82, 2.24) is 5.32 Å². The molecule has 0 radical (unpaired) electrons. The molecule has 4 rings (SSSR count). The quantitative estimate of drug-likeness (QED) is 0.0556. The summed E-state index contributed by atoms with van der Waals surface area (Å²) < 4.78 is 0. The molecule has 45 heavy (non-hydrogen) atoms. The van der Waals surface area contributed by atoms with Gasteiger partial charge in [-0.3, -0.25) is 5.32 Å². The Kier molecular flexibility index (Phi) is 15.3. The SMILES string of the molecule is C=C(CCCC/C=C(/C1CCCC1)C1(C2CC=CC2)NC1(CCC)C1CCCC1)C(CC)CCCCCC=C=CC(CC)CC. The topological polar surface area (TPSA) is 21.9 Å². The third-order valence-corrected chi connectivity index (χ3v) is 12.9. The minimum Gasteiger partial charge on any atom is -0.298 e. The van der Waals surface area contributed by atoms with E-state index in [-0.39, 0.29) is 5.54 Å². The predicted octanol–water partition coefficient (Wildman–Crippen LogP) is 13.4. The average Bonchev–Trinajstić information content (AvgIpc) is 3.69. The Hall–Kier alpha value is -1.30. The highest BCUT2D eigenvalue weighted by Gasteiger charge is 2.73. The highest BCUT2D eigenvalue weighted by atomic mass is 15.3. The lowest BCUT2D eigenvalue weighted by Gasteiger charge is -2.36. The number of allylic oxidation sites excluding steroid dienone is 5. The molecular formula is C44H73N. The summed E-state index contributed by atoms with van der Waals surface area (Å²) in [6.07, 6.45) is 44.6. The number of nitrogens with one attached hydrogen (secondary N) is 1. The van der Waals surface area contributed by atoms with Crippen LogP contribution in [0.1, 0.15) is 182 Å². The molecule has 3 unspecified atom stereocenters. The summed E-state index contributed by atoms with van der Waals surface area (Å²) in [6.45, 7) is 14.0. The molecule has 0 bridgehead atoms. The van der Waals surface area contributed by atoms with Crippen LogP contribution in [0.15, 0.2) is 53.8 Å². The maximum absolute atomic E-state index is 4.63. The first kappa shape index (κ1) is 36.5. The highest BCUT2D eigenvalue weighted by molar-refractivity contribution is 5.47. The fourth-order valence-electron chi connectivity index (χ4n) is 10.2. The summed E-state index contributed by atoms with van der Waals surface area (Å²) in [4.78, 5) is 0. The van der Waals surface area contributed by atoms with Crippen molar-refractivity contribution in [3.05, 3.63) is 53.8 Å². The summed E-state index contributed by atoms with van der Waals surface area (Å²) in [5.41, 5.74) is 7.53. The van der Waals surface area contributed by atoms with Crippen molar-refractivity contribution in [2.75, 3.05) is 0 Å². The minimum atomic E-state index is 0.285. The molecule has 254 valence electrons. The van der Waals surface area contributed by atoms with E-state index in [1.54, 1.807) is 0 Å². The third kappa shape index (κ3) is 9.20. The van der Waals surface area contributed by atoms with Gasteiger partial charge in [-0.05, 0) is 156 Å². The molecule has 1 saturated heterocycles.